The summed E-state index contributed by atoms with van der Waals surface area (Å²) in [6.45, 7) is 0. The first-order valence-corrected chi connectivity index (χ1v) is 6.49. The molecule has 0 nitrogen and oxygen atoms in total. The molecule has 2 atom stereocenters. The predicted molar refractivity (Wildman–Crippen MR) is 53.9 cm³/mol. The quantitative estimate of drug-likeness (QED) is 0.617. The Kier molecular flexibility index (Phi) is 3.08. The van der Waals surface area contributed by atoms with Gasteiger partial charge in [-0.25, -0.2) is 0 Å². The van der Waals surface area contributed by atoms with Gasteiger partial charge >= 0.3 is 0 Å². The van der Waals surface area contributed by atoms with E-state index in [0.717, 1.165) is 11.2 Å². The summed E-state index contributed by atoms with van der Waals surface area (Å²) >= 11 is 4.10. The molecule has 0 bridgehead atoms. The molecular weight excluding hydrogens is 172 g/mol. The highest BCUT2D eigenvalue weighted by molar-refractivity contribution is 8.01. The topological polar surface area (TPSA) is 0 Å². The summed E-state index contributed by atoms with van der Waals surface area (Å²) in [5, 5.41) is 0.933. The van der Waals surface area contributed by atoms with Crippen LogP contribution in [0.15, 0.2) is 0 Å². The van der Waals surface area contributed by atoms with Gasteiger partial charge in [-0.3, -0.25) is 0 Å². The first-order valence-electron chi connectivity index (χ1n) is 4.46. The summed E-state index contributed by atoms with van der Waals surface area (Å²) < 4.78 is 0. The van der Waals surface area contributed by atoms with E-state index in [-0.39, 0.29) is 0 Å². The van der Waals surface area contributed by atoms with E-state index in [1.165, 1.54) is 37.2 Å². The maximum absolute atomic E-state index is 3.56. The minimum Gasteiger partial charge on any atom is -0.158 e. The number of thioether (sulfide) groups is 2. The second-order valence-electron chi connectivity index (χ2n) is 3.27. The van der Waals surface area contributed by atoms with Crippen molar-refractivity contribution in [1.29, 1.82) is 0 Å². The maximum Gasteiger partial charge on any atom is 0.0526 e. The molecule has 2 heteroatoms. The van der Waals surface area contributed by atoms with Crippen molar-refractivity contribution in [2.75, 3.05) is 11.5 Å². The summed E-state index contributed by atoms with van der Waals surface area (Å²) in [4.78, 5) is 0. The van der Waals surface area contributed by atoms with Gasteiger partial charge in [0.05, 0.1) is 5.75 Å². The van der Waals surface area contributed by atoms with Gasteiger partial charge in [0.2, 0.25) is 0 Å². The zero-order valence-electron chi connectivity index (χ0n) is 6.71. The van der Waals surface area contributed by atoms with E-state index in [9.17, 15) is 0 Å². The molecule has 2 radical (unpaired) electrons. The Bertz CT molecular complexity index is 113. The predicted octanol–water partition coefficient (Wildman–Crippen LogP) is 3.06. The fourth-order valence-corrected chi connectivity index (χ4v) is 4.20. The summed E-state index contributed by atoms with van der Waals surface area (Å²) in [5.41, 5.74) is 0. The molecule has 2 aliphatic rings. The number of rotatable bonds is 1. The molecule has 2 saturated heterocycles. The SMILES string of the molecule is [C]1SCCCC1C1CCCS1. The molecule has 2 fully saturated rings. The van der Waals surface area contributed by atoms with Gasteiger partial charge in [-0.05, 0) is 43.1 Å². The van der Waals surface area contributed by atoms with E-state index in [1.54, 1.807) is 0 Å². The average molecular weight is 186 g/mol. The van der Waals surface area contributed by atoms with Crippen LogP contribution in [0.4, 0.5) is 0 Å². The van der Waals surface area contributed by atoms with Crippen LogP contribution in [0.2, 0.25) is 0 Å². The van der Waals surface area contributed by atoms with Crippen LogP contribution < -0.4 is 0 Å². The van der Waals surface area contributed by atoms with Gasteiger partial charge in [0, 0.05) is 5.25 Å². The molecule has 11 heavy (non-hydrogen) atoms. The lowest BCUT2D eigenvalue weighted by molar-refractivity contribution is 0.523. The van der Waals surface area contributed by atoms with Crippen molar-refractivity contribution in [3.63, 3.8) is 0 Å². The Morgan fingerprint density at radius 2 is 2.00 bits per heavy atom. The smallest absolute Gasteiger partial charge is 0.0526 e. The fourth-order valence-electron chi connectivity index (χ4n) is 1.78. The molecule has 2 heterocycles. The van der Waals surface area contributed by atoms with Crippen molar-refractivity contribution in [3.8, 4) is 0 Å². The van der Waals surface area contributed by atoms with Crippen LogP contribution in [0.25, 0.3) is 0 Å². The molecule has 0 aromatic carbocycles. The third kappa shape index (κ3) is 2.09. The van der Waals surface area contributed by atoms with Crippen molar-refractivity contribution < 1.29 is 0 Å². The molecule has 0 aliphatic carbocycles. The van der Waals surface area contributed by atoms with E-state index in [1.807, 2.05) is 11.8 Å². The molecule has 62 valence electrons. The molecule has 2 aliphatic heterocycles. The average Bonchev–Trinajstić information content (AvgIpc) is 2.58. The Balaban J connectivity index is 1.82. The van der Waals surface area contributed by atoms with Gasteiger partial charge in [-0.15, -0.1) is 0 Å². The van der Waals surface area contributed by atoms with Crippen molar-refractivity contribution in [2.45, 2.75) is 30.9 Å². The van der Waals surface area contributed by atoms with E-state index in [0.29, 0.717) is 0 Å². The third-order valence-corrected chi connectivity index (χ3v) is 4.89. The van der Waals surface area contributed by atoms with Crippen LogP contribution in [0.5, 0.6) is 0 Å². The molecule has 0 aromatic rings. The van der Waals surface area contributed by atoms with Crippen LogP contribution in [0, 0.1) is 11.7 Å². The lowest BCUT2D eigenvalue weighted by Gasteiger charge is -2.25. The fraction of sp³-hybridized carbons (Fsp3) is 0.889. The highest BCUT2D eigenvalue weighted by Crippen LogP contribution is 2.40. The Morgan fingerprint density at radius 3 is 2.64 bits per heavy atom. The van der Waals surface area contributed by atoms with Gasteiger partial charge in [-0.1, -0.05) is 0 Å². The van der Waals surface area contributed by atoms with Crippen molar-refractivity contribution in [2.24, 2.45) is 5.92 Å². The van der Waals surface area contributed by atoms with Crippen LogP contribution >= 0.6 is 23.5 Å². The molecule has 0 aromatic heterocycles. The highest BCUT2D eigenvalue weighted by Gasteiger charge is 2.27. The lowest BCUT2D eigenvalue weighted by Crippen LogP contribution is -2.17. The van der Waals surface area contributed by atoms with E-state index < -0.39 is 0 Å². The molecule has 0 spiro atoms. The van der Waals surface area contributed by atoms with Crippen LogP contribution in [0.1, 0.15) is 25.7 Å². The number of hydrogen-bond acceptors (Lipinski definition) is 2. The van der Waals surface area contributed by atoms with E-state index >= 15 is 0 Å². The molecule has 0 saturated carbocycles. The highest BCUT2D eigenvalue weighted by atomic mass is 32.2. The van der Waals surface area contributed by atoms with E-state index in [4.69, 9.17) is 0 Å². The molecule has 0 N–H and O–H groups in total. The normalized spacial score (nSPS) is 39.3. The minimum absolute atomic E-state index is 0.821. The second-order valence-corrected chi connectivity index (χ2v) is 5.55. The summed E-state index contributed by atoms with van der Waals surface area (Å²) in [6.07, 6.45) is 5.71. The zero-order valence-corrected chi connectivity index (χ0v) is 8.35. The maximum atomic E-state index is 3.56. The van der Waals surface area contributed by atoms with Crippen LogP contribution in [0.3, 0.4) is 0 Å². The first-order chi connectivity index (χ1) is 5.47. The second kappa shape index (κ2) is 4.08. The van der Waals surface area contributed by atoms with Crippen molar-refractivity contribution in [3.05, 3.63) is 5.75 Å². The summed E-state index contributed by atoms with van der Waals surface area (Å²) in [6, 6.07) is 0. The third-order valence-electron chi connectivity index (χ3n) is 2.41. The molecule has 0 amide bonds. The summed E-state index contributed by atoms with van der Waals surface area (Å²) in [5.74, 6) is 7.09. The monoisotopic (exact) mass is 186 g/mol. The Hall–Kier alpha value is 0.700. The van der Waals surface area contributed by atoms with Crippen molar-refractivity contribution in [1.82, 2.24) is 0 Å². The van der Waals surface area contributed by atoms with Gasteiger partial charge in [0.15, 0.2) is 0 Å². The van der Waals surface area contributed by atoms with Gasteiger partial charge in [0.25, 0.3) is 0 Å². The summed E-state index contributed by atoms with van der Waals surface area (Å²) in [7, 11) is 0. The molecule has 2 unspecified atom stereocenters. The zero-order chi connectivity index (χ0) is 7.52. The molecule has 2 rings (SSSR count). The lowest BCUT2D eigenvalue weighted by atomic mass is 9.98. The van der Waals surface area contributed by atoms with Crippen LogP contribution in [-0.4, -0.2) is 16.8 Å². The van der Waals surface area contributed by atoms with Crippen LogP contribution in [-0.2, 0) is 0 Å². The van der Waals surface area contributed by atoms with Gasteiger partial charge < -0.3 is 0 Å². The largest absolute Gasteiger partial charge is 0.158 e. The molecular formula is C9H14S2. The Labute approximate surface area is 77.9 Å². The first kappa shape index (κ1) is 8.31. The van der Waals surface area contributed by atoms with Gasteiger partial charge in [0.1, 0.15) is 0 Å². The standard InChI is InChI=1S/C9H14S2/c1-3-8(7-10-5-1)9-4-2-6-11-9/h8-9H,1-6H2. The van der Waals surface area contributed by atoms with Gasteiger partial charge in [-0.2, -0.15) is 23.5 Å². The van der Waals surface area contributed by atoms with Crippen molar-refractivity contribution >= 4 is 23.5 Å². The minimum atomic E-state index is 0.821. The number of hydrogen-bond donors (Lipinski definition) is 0. The van der Waals surface area contributed by atoms with E-state index in [2.05, 4.69) is 17.5 Å². The Morgan fingerprint density at radius 1 is 1.09 bits per heavy atom.